The molecular formula is C17H31N. The summed E-state index contributed by atoms with van der Waals surface area (Å²) in [4.78, 5) is 0. The van der Waals surface area contributed by atoms with Crippen LogP contribution in [0.25, 0.3) is 0 Å². The normalized spacial score (nSPS) is 13.4. The molecule has 2 atom stereocenters. The predicted octanol–water partition coefficient (Wildman–Crippen LogP) is 5.19. The zero-order valence-corrected chi connectivity index (χ0v) is 12.9. The third kappa shape index (κ3) is 6.20. The van der Waals surface area contributed by atoms with E-state index in [4.69, 9.17) is 0 Å². The lowest BCUT2D eigenvalue weighted by molar-refractivity contribution is 0.371. The maximum atomic E-state index is 3.44. The van der Waals surface area contributed by atoms with Gasteiger partial charge in [0.15, 0.2) is 0 Å². The largest absolute Gasteiger partial charge is 0.313 e. The van der Waals surface area contributed by atoms with E-state index in [1.54, 1.807) is 0 Å². The molecule has 2 unspecified atom stereocenters. The highest BCUT2D eigenvalue weighted by Crippen LogP contribution is 2.25. The van der Waals surface area contributed by atoms with E-state index in [1.807, 2.05) is 13.8 Å². The smallest absolute Gasteiger partial charge is 0.0320 e. The third-order valence-electron chi connectivity index (χ3n) is 3.39. The second kappa shape index (κ2) is 11.3. The van der Waals surface area contributed by atoms with Crippen LogP contribution < -0.4 is 5.32 Å². The summed E-state index contributed by atoms with van der Waals surface area (Å²) in [7, 11) is 2.07. The van der Waals surface area contributed by atoms with Crippen molar-refractivity contribution in [3.8, 4) is 0 Å². The van der Waals surface area contributed by atoms with Crippen molar-refractivity contribution in [3.63, 3.8) is 0 Å². The molecule has 18 heavy (non-hydrogen) atoms. The Balaban J connectivity index is 0.00000137. The van der Waals surface area contributed by atoms with Gasteiger partial charge in [0.2, 0.25) is 0 Å². The van der Waals surface area contributed by atoms with Crippen LogP contribution in [0.15, 0.2) is 30.3 Å². The van der Waals surface area contributed by atoms with Gasteiger partial charge in [-0.1, -0.05) is 77.3 Å². The second-order valence-electron chi connectivity index (χ2n) is 4.55. The molecule has 0 bridgehead atoms. The Hall–Kier alpha value is -0.820. The van der Waals surface area contributed by atoms with E-state index in [2.05, 4.69) is 56.5 Å². The highest BCUT2D eigenvalue weighted by atomic mass is 14.9. The quantitative estimate of drug-likeness (QED) is 0.701. The Bertz CT molecular complexity index is 268. The molecule has 1 N–H and O–H groups in total. The molecular weight excluding hydrogens is 218 g/mol. The summed E-state index contributed by atoms with van der Waals surface area (Å²) in [5.41, 5.74) is 1.42. The molecule has 0 fully saturated rings. The van der Waals surface area contributed by atoms with Gasteiger partial charge in [-0.05, 0) is 24.9 Å². The van der Waals surface area contributed by atoms with Crippen molar-refractivity contribution in [2.75, 3.05) is 7.05 Å². The van der Waals surface area contributed by atoms with E-state index < -0.39 is 0 Å². The monoisotopic (exact) mass is 249 g/mol. The molecule has 0 aliphatic rings. The number of hydrogen-bond donors (Lipinski definition) is 1. The van der Waals surface area contributed by atoms with Gasteiger partial charge in [0.1, 0.15) is 0 Å². The van der Waals surface area contributed by atoms with Crippen molar-refractivity contribution in [2.24, 2.45) is 5.92 Å². The molecule has 0 radical (unpaired) electrons. The summed E-state index contributed by atoms with van der Waals surface area (Å²) in [6.07, 6.45) is 5.19. The Morgan fingerprint density at radius 3 is 2.11 bits per heavy atom. The Morgan fingerprint density at radius 1 is 1.06 bits per heavy atom. The van der Waals surface area contributed by atoms with E-state index in [1.165, 1.54) is 31.2 Å². The molecule has 1 rings (SSSR count). The predicted molar refractivity (Wildman–Crippen MR) is 82.9 cm³/mol. The fourth-order valence-corrected chi connectivity index (χ4v) is 2.34. The molecule has 0 saturated heterocycles. The molecule has 0 heterocycles. The van der Waals surface area contributed by atoms with Crippen LogP contribution in [0.4, 0.5) is 0 Å². The lowest BCUT2D eigenvalue weighted by atomic mass is 9.90. The van der Waals surface area contributed by atoms with E-state index in [-0.39, 0.29) is 0 Å². The van der Waals surface area contributed by atoms with Crippen molar-refractivity contribution in [1.29, 1.82) is 0 Å². The highest BCUT2D eigenvalue weighted by Gasteiger charge is 2.14. The Kier molecular flexibility index (Phi) is 10.8. The van der Waals surface area contributed by atoms with Crippen molar-refractivity contribution in [3.05, 3.63) is 35.9 Å². The summed E-state index contributed by atoms with van der Waals surface area (Å²) >= 11 is 0. The molecule has 1 aromatic carbocycles. The first-order valence-electron chi connectivity index (χ1n) is 7.54. The zero-order chi connectivity index (χ0) is 13.8. The molecule has 1 heteroatoms. The van der Waals surface area contributed by atoms with Gasteiger partial charge in [-0.15, -0.1) is 0 Å². The topological polar surface area (TPSA) is 12.0 Å². The summed E-state index contributed by atoms with van der Waals surface area (Å²) < 4.78 is 0. The van der Waals surface area contributed by atoms with Crippen LogP contribution in [0.2, 0.25) is 0 Å². The van der Waals surface area contributed by atoms with Crippen molar-refractivity contribution < 1.29 is 0 Å². The van der Waals surface area contributed by atoms with Crippen molar-refractivity contribution >= 4 is 0 Å². The van der Waals surface area contributed by atoms with Gasteiger partial charge >= 0.3 is 0 Å². The van der Waals surface area contributed by atoms with Crippen LogP contribution >= 0.6 is 0 Å². The average Bonchev–Trinajstić information content (AvgIpc) is 2.46. The first kappa shape index (κ1) is 17.2. The minimum absolute atomic E-state index is 0.512. The molecule has 1 nitrogen and oxygen atoms in total. The van der Waals surface area contributed by atoms with Crippen LogP contribution in [0.1, 0.15) is 65.0 Å². The van der Waals surface area contributed by atoms with Gasteiger partial charge in [0.05, 0.1) is 0 Å². The van der Waals surface area contributed by atoms with Gasteiger partial charge in [0.25, 0.3) is 0 Å². The molecule has 0 spiro atoms. The van der Waals surface area contributed by atoms with Crippen LogP contribution in [0.5, 0.6) is 0 Å². The average molecular weight is 249 g/mol. The lowest BCUT2D eigenvalue weighted by Gasteiger charge is -2.22. The maximum absolute atomic E-state index is 3.44. The fraction of sp³-hybridized carbons (Fsp3) is 0.647. The van der Waals surface area contributed by atoms with Gasteiger partial charge in [-0.2, -0.15) is 0 Å². The number of hydrogen-bond acceptors (Lipinski definition) is 1. The fourth-order valence-electron chi connectivity index (χ4n) is 2.34. The standard InChI is InChI=1S/C15H25N.C2H6/c1-4-9-13(5-2)12-15(16-3)14-10-7-6-8-11-14;1-2/h6-8,10-11,13,15-16H,4-5,9,12H2,1-3H3;1-2H3. The van der Waals surface area contributed by atoms with E-state index >= 15 is 0 Å². The Labute approximate surface area is 114 Å². The molecule has 0 amide bonds. The van der Waals surface area contributed by atoms with Crippen LogP contribution in [-0.2, 0) is 0 Å². The molecule has 1 aromatic rings. The minimum atomic E-state index is 0.512. The summed E-state index contributed by atoms with van der Waals surface area (Å²) in [5.74, 6) is 0.850. The zero-order valence-electron chi connectivity index (χ0n) is 12.9. The second-order valence-corrected chi connectivity index (χ2v) is 4.55. The molecule has 0 aliphatic carbocycles. The highest BCUT2D eigenvalue weighted by molar-refractivity contribution is 5.18. The first-order chi connectivity index (χ1) is 8.81. The molecule has 0 aromatic heterocycles. The Morgan fingerprint density at radius 2 is 1.67 bits per heavy atom. The number of rotatable bonds is 7. The van der Waals surface area contributed by atoms with E-state index in [9.17, 15) is 0 Å². The third-order valence-corrected chi connectivity index (χ3v) is 3.39. The molecule has 0 aliphatic heterocycles. The van der Waals surface area contributed by atoms with Gasteiger partial charge in [-0.3, -0.25) is 0 Å². The van der Waals surface area contributed by atoms with E-state index in [0.717, 1.165) is 5.92 Å². The van der Waals surface area contributed by atoms with Crippen LogP contribution in [0, 0.1) is 5.92 Å². The number of nitrogens with one attached hydrogen (secondary N) is 1. The summed E-state index contributed by atoms with van der Waals surface area (Å²) in [6.45, 7) is 8.58. The van der Waals surface area contributed by atoms with Crippen molar-refractivity contribution in [1.82, 2.24) is 5.32 Å². The summed E-state index contributed by atoms with van der Waals surface area (Å²) in [6, 6.07) is 11.3. The number of benzene rings is 1. The van der Waals surface area contributed by atoms with Gasteiger partial charge in [0, 0.05) is 6.04 Å². The minimum Gasteiger partial charge on any atom is -0.313 e. The van der Waals surface area contributed by atoms with Gasteiger partial charge in [-0.25, -0.2) is 0 Å². The first-order valence-corrected chi connectivity index (χ1v) is 7.54. The SMILES string of the molecule is CC.CCCC(CC)CC(NC)c1ccccc1. The summed E-state index contributed by atoms with van der Waals surface area (Å²) in [5, 5.41) is 3.44. The van der Waals surface area contributed by atoms with Crippen LogP contribution in [-0.4, -0.2) is 7.05 Å². The molecule has 104 valence electrons. The lowest BCUT2D eigenvalue weighted by Crippen LogP contribution is -2.19. The van der Waals surface area contributed by atoms with Gasteiger partial charge < -0.3 is 5.32 Å². The van der Waals surface area contributed by atoms with E-state index in [0.29, 0.717) is 6.04 Å². The van der Waals surface area contributed by atoms with Crippen molar-refractivity contribution in [2.45, 2.75) is 59.4 Å². The molecule has 0 saturated carbocycles. The maximum Gasteiger partial charge on any atom is 0.0320 e. The van der Waals surface area contributed by atoms with Crippen LogP contribution in [0.3, 0.4) is 0 Å².